The third kappa shape index (κ3) is 3.66. The second-order valence-corrected chi connectivity index (χ2v) is 5.12. The molecule has 4 nitrogen and oxygen atoms in total. The van der Waals surface area contributed by atoms with Gasteiger partial charge >= 0.3 is 12.1 Å². The summed E-state index contributed by atoms with van der Waals surface area (Å²) in [7, 11) is 0. The molecule has 116 valence electrons. The molecule has 2 N–H and O–H groups in total. The average Bonchev–Trinajstić information content (AvgIpc) is 2.91. The molecular formula is C14H16F3NO3. The topological polar surface area (TPSA) is 58.6 Å². The van der Waals surface area contributed by atoms with Gasteiger partial charge in [0.15, 0.2) is 0 Å². The van der Waals surface area contributed by atoms with Crippen molar-refractivity contribution in [3.8, 4) is 0 Å². The van der Waals surface area contributed by atoms with Gasteiger partial charge in [-0.3, -0.25) is 0 Å². The highest BCUT2D eigenvalue weighted by Crippen LogP contribution is 2.32. The van der Waals surface area contributed by atoms with Crippen LogP contribution in [0.3, 0.4) is 0 Å². The van der Waals surface area contributed by atoms with Gasteiger partial charge in [0, 0.05) is 24.3 Å². The monoisotopic (exact) mass is 303 g/mol. The van der Waals surface area contributed by atoms with Gasteiger partial charge in [-0.25, -0.2) is 4.79 Å². The molecule has 0 amide bonds. The van der Waals surface area contributed by atoms with Gasteiger partial charge < -0.3 is 15.2 Å². The maximum atomic E-state index is 12.6. The quantitative estimate of drug-likeness (QED) is 0.896. The molecule has 1 aromatic rings. The lowest BCUT2D eigenvalue weighted by atomic mass is 9.99. The van der Waals surface area contributed by atoms with Crippen molar-refractivity contribution in [2.45, 2.75) is 25.6 Å². The zero-order valence-corrected chi connectivity index (χ0v) is 11.4. The molecule has 1 saturated heterocycles. The maximum Gasteiger partial charge on any atom is 0.416 e. The first kappa shape index (κ1) is 15.6. The minimum Gasteiger partial charge on any atom is -0.478 e. The maximum absolute atomic E-state index is 12.6. The molecule has 2 atom stereocenters. The summed E-state index contributed by atoms with van der Waals surface area (Å²) in [5, 5.41) is 12.1. The van der Waals surface area contributed by atoms with Crippen molar-refractivity contribution in [3.63, 3.8) is 0 Å². The molecule has 0 bridgehead atoms. The zero-order valence-electron chi connectivity index (χ0n) is 11.4. The summed E-state index contributed by atoms with van der Waals surface area (Å²) in [6.07, 6.45) is -3.72. The van der Waals surface area contributed by atoms with Gasteiger partial charge in [0.2, 0.25) is 0 Å². The Morgan fingerprint density at radius 2 is 2.19 bits per heavy atom. The van der Waals surface area contributed by atoms with Crippen LogP contribution < -0.4 is 5.32 Å². The van der Waals surface area contributed by atoms with Gasteiger partial charge in [-0.05, 0) is 31.5 Å². The molecule has 0 aliphatic carbocycles. The molecule has 1 heterocycles. The number of hydrogen-bond donors (Lipinski definition) is 2. The fourth-order valence-electron chi connectivity index (χ4n) is 2.33. The second-order valence-electron chi connectivity index (χ2n) is 5.12. The third-order valence-electron chi connectivity index (χ3n) is 3.63. The number of rotatable bonds is 4. The van der Waals surface area contributed by atoms with Crippen molar-refractivity contribution >= 4 is 11.7 Å². The van der Waals surface area contributed by atoms with Gasteiger partial charge in [-0.15, -0.1) is 0 Å². The molecule has 1 aliphatic heterocycles. The summed E-state index contributed by atoms with van der Waals surface area (Å²) in [5.41, 5.74) is -1.16. The number of ether oxygens (including phenoxy) is 1. The Labute approximate surface area is 119 Å². The number of carboxylic acids is 1. The molecule has 0 aromatic heterocycles. The van der Waals surface area contributed by atoms with Crippen LogP contribution in [-0.4, -0.2) is 30.3 Å². The van der Waals surface area contributed by atoms with Gasteiger partial charge in [-0.1, -0.05) is 0 Å². The highest BCUT2D eigenvalue weighted by molar-refractivity contribution is 5.94. The third-order valence-corrected chi connectivity index (χ3v) is 3.63. The van der Waals surface area contributed by atoms with E-state index in [0.717, 1.165) is 12.5 Å². The zero-order chi connectivity index (χ0) is 15.6. The number of carboxylic acid groups (broad SMARTS) is 1. The van der Waals surface area contributed by atoms with Crippen LogP contribution in [0.4, 0.5) is 18.9 Å². The molecule has 0 radical (unpaired) electrons. The lowest BCUT2D eigenvalue weighted by molar-refractivity contribution is -0.137. The number of anilines is 1. The molecule has 0 spiro atoms. The SMILES string of the molecule is CC(Nc1ccc(C(F)(F)F)cc1C(=O)O)C1CCOC1. The highest BCUT2D eigenvalue weighted by Gasteiger charge is 2.32. The van der Waals surface area contributed by atoms with Gasteiger partial charge in [0.25, 0.3) is 0 Å². The van der Waals surface area contributed by atoms with Crippen molar-refractivity contribution in [1.29, 1.82) is 0 Å². The largest absolute Gasteiger partial charge is 0.478 e. The number of hydrogen-bond acceptors (Lipinski definition) is 3. The normalized spacial score (nSPS) is 20.3. The summed E-state index contributed by atoms with van der Waals surface area (Å²) >= 11 is 0. The Bertz CT molecular complexity index is 525. The first-order valence-corrected chi connectivity index (χ1v) is 6.58. The van der Waals surface area contributed by atoms with E-state index in [4.69, 9.17) is 9.84 Å². The second kappa shape index (κ2) is 5.93. The van der Waals surface area contributed by atoms with E-state index in [1.54, 1.807) is 0 Å². The van der Waals surface area contributed by atoms with E-state index < -0.39 is 17.7 Å². The number of alkyl halides is 3. The van der Waals surface area contributed by atoms with E-state index in [1.807, 2.05) is 6.92 Å². The average molecular weight is 303 g/mol. The summed E-state index contributed by atoms with van der Waals surface area (Å²) in [6, 6.07) is 2.62. The van der Waals surface area contributed by atoms with Crippen LogP contribution in [0.15, 0.2) is 18.2 Å². The molecule has 2 unspecified atom stereocenters. The summed E-state index contributed by atoms with van der Waals surface area (Å²) < 4.78 is 43.2. The molecule has 1 aliphatic rings. The number of aromatic carboxylic acids is 1. The highest BCUT2D eigenvalue weighted by atomic mass is 19.4. The predicted molar refractivity (Wildman–Crippen MR) is 70.4 cm³/mol. The van der Waals surface area contributed by atoms with Gasteiger partial charge in [-0.2, -0.15) is 13.2 Å². The fraction of sp³-hybridized carbons (Fsp3) is 0.500. The Kier molecular flexibility index (Phi) is 4.41. The Hall–Kier alpha value is -1.76. The molecule has 7 heteroatoms. The predicted octanol–water partition coefficient (Wildman–Crippen LogP) is 3.24. The van der Waals surface area contributed by atoms with E-state index in [1.165, 1.54) is 6.07 Å². The smallest absolute Gasteiger partial charge is 0.416 e. The number of carbonyl (C=O) groups is 1. The Morgan fingerprint density at radius 1 is 1.48 bits per heavy atom. The van der Waals surface area contributed by atoms with Crippen LogP contribution >= 0.6 is 0 Å². The van der Waals surface area contributed by atoms with Crippen molar-refractivity contribution in [2.24, 2.45) is 5.92 Å². The van der Waals surface area contributed by atoms with Crippen LogP contribution in [0.1, 0.15) is 29.3 Å². The Morgan fingerprint density at radius 3 is 2.71 bits per heavy atom. The van der Waals surface area contributed by atoms with Crippen LogP contribution in [0.5, 0.6) is 0 Å². The van der Waals surface area contributed by atoms with Crippen molar-refractivity contribution in [2.75, 3.05) is 18.5 Å². The van der Waals surface area contributed by atoms with Crippen LogP contribution in [0.25, 0.3) is 0 Å². The van der Waals surface area contributed by atoms with Crippen molar-refractivity contribution in [3.05, 3.63) is 29.3 Å². The van der Waals surface area contributed by atoms with E-state index in [9.17, 15) is 18.0 Å². The molecular weight excluding hydrogens is 287 g/mol. The van der Waals surface area contributed by atoms with E-state index in [0.29, 0.717) is 19.3 Å². The van der Waals surface area contributed by atoms with Crippen LogP contribution in [0, 0.1) is 5.92 Å². The van der Waals surface area contributed by atoms with Gasteiger partial charge in [0.1, 0.15) is 0 Å². The first-order valence-electron chi connectivity index (χ1n) is 6.58. The van der Waals surface area contributed by atoms with E-state index >= 15 is 0 Å². The standard InChI is InChI=1S/C14H16F3NO3/c1-8(9-4-5-21-7-9)18-12-3-2-10(14(15,16)17)6-11(12)13(19)20/h2-3,6,8-9,18H,4-5,7H2,1H3,(H,19,20). The molecule has 2 rings (SSSR count). The number of halogens is 3. The molecule has 0 saturated carbocycles. The first-order chi connectivity index (χ1) is 9.79. The summed E-state index contributed by atoms with van der Waals surface area (Å²) in [5.74, 6) is -1.17. The lowest BCUT2D eigenvalue weighted by Gasteiger charge is -2.22. The summed E-state index contributed by atoms with van der Waals surface area (Å²) in [4.78, 5) is 11.2. The fourth-order valence-corrected chi connectivity index (χ4v) is 2.33. The van der Waals surface area contributed by atoms with Crippen LogP contribution in [0.2, 0.25) is 0 Å². The number of nitrogens with one attached hydrogen (secondary N) is 1. The van der Waals surface area contributed by atoms with Crippen LogP contribution in [-0.2, 0) is 10.9 Å². The van der Waals surface area contributed by atoms with Crippen molar-refractivity contribution in [1.82, 2.24) is 0 Å². The minimum absolute atomic E-state index is 0.0812. The lowest BCUT2D eigenvalue weighted by Crippen LogP contribution is -2.27. The van der Waals surface area contributed by atoms with Gasteiger partial charge in [0.05, 0.1) is 17.7 Å². The number of benzene rings is 1. The van der Waals surface area contributed by atoms with E-state index in [-0.39, 0.29) is 23.2 Å². The molecule has 1 fully saturated rings. The molecule has 1 aromatic carbocycles. The minimum atomic E-state index is -4.56. The van der Waals surface area contributed by atoms with Crippen molar-refractivity contribution < 1.29 is 27.8 Å². The summed E-state index contributed by atoms with van der Waals surface area (Å²) in [6.45, 7) is 3.08. The molecule has 21 heavy (non-hydrogen) atoms. The Balaban J connectivity index is 2.24. The van der Waals surface area contributed by atoms with E-state index in [2.05, 4.69) is 5.32 Å².